The van der Waals surface area contributed by atoms with E-state index in [0.717, 1.165) is 49.7 Å². The molecule has 5 rings (SSSR count). The smallest absolute Gasteiger partial charge is 0.271 e. The molecule has 0 saturated carbocycles. The number of hydrazone groups is 1. The Kier molecular flexibility index (Phi) is 8.17. The summed E-state index contributed by atoms with van der Waals surface area (Å²) in [6.07, 6.45) is 1.41. The van der Waals surface area contributed by atoms with Crippen LogP contribution >= 0.6 is 0 Å². The molecule has 10 heteroatoms. The summed E-state index contributed by atoms with van der Waals surface area (Å²) in [7, 11) is 1.70. The molecule has 0 aliphatic carbocycles. The summed E-state index contributed by atoms with van der Waals surface area (Å²) in [5.74, 6) is 1.55. The number of nitro benzene ring substituents is 1. The number of carbonyl (C=O) groups excluding carboxylic acids is 1. The van der Waals surface area contributed by atoms with Gasteiger partial charge >= 0.3 is 0 Å². The second kappa shape index (κ2) is 12.3. The summed E-state index contributed by atoms with van der Waals surface area (Å²) in [5, 5.41) is 14.8. The maximum Gasteiger partial charge on any atom is 0.271 e. The highest BCUT2D eigenvalue weighted by Gasteiger charge is 2.19. The van der Waals surface area contributed by atoms with Crippen LogP contribution in [0.1, 0.15) is 21.7 Å². The predicted octanol–water partition coefficient (Wildman–Crippen LogP) is 4.95. The van der Waals surface area contributed by atoms with Gasteiger partial charge in [0, 0.05) is 56.0 Å². The third-order valence-corrected chi connectivity index (χ3v) is 6.77. The molecule has 2 heterocycles. The van der Waals surface area contributed by atoms with Crippen molar-refractivity contribution in [1.29, 1.82) is 0 Å². The fourth-order valence-corrected chi connectivity index (χ4v) is 4.60. The molecule has 1 fully saturated rings. The van der Waals surface area contributed by atoms with Gasteiger partial charge in [-0.3, -0.25) is 19.8 Å². The Labute approximate surface area is 231 Å². The molecule has 1 aromatic heterocycles. The van der Waals surface area contributed by atoms with E-state index in [1.165, 1.54) is 18.3 Å². The van der Waals surface area contributed by atoms with Crippen molar-refractivity contribution < 1.29 is 18.9 Å². The quantitative estimate of drug-likeness (QED) is 0.182. The minimum Gasteiger partial charge on any atom is -0.495 e. The lowest BCUT2D eigenvalue weighted by Gasteiger charge is -2.36. The predicted molar refractivity (Wildman–Crippen MR) is 153 cm³/mol. The molecule has 0 unspecified atom stereocenters. The van der Waals surface area contributed by atoms with Gasteiger partial charge in [-0.15, -0.1) is 0 Å². The number of anilines is 1. The summed E-state index contributed by atoms with van der Waals surface area (Å²) in [5.41, 5.74) is 6.00. The lowest BCUT2D eigenvalue weighted by molar-refractivity contribution is -0.384. The molecule has 0 atom stereocenters. The van der Waals surface area contributed by atoms with Crippen LogP contribution in [-0.4, -0.2) is 55.2 Å². The largest absolute Gasteiger partial charge is 0.495 e. The van der Waals surface area contributed by atoms with Crippen LogP contribution in [0.2, 0.25) is 0 Å². The van der Waals surface area contributed by atoms with E-state index in [1.54, 1.807) is 43.5 Å². The molecule has 0 radical (unpaired) electrons. The van der Waals surface area contributed by atoms with Gasteiger partial charge in [0.2, 0.25) is 0 Å². The van der Waals surface area contributed by atoms with Gasteiger partial charge in [0.15, 0.2) is 0 Å². The van der Waals surface area contributed by atoms with Crippen LogP contribution in [0.4, 0.5) is 11.4 Å². The summed E-state index contributed by atoms with van der Waals surface area (Å²) >= 11 is 0. The van der Waals surface area contributed by atoms with Crippen LogP contribution in [0.3, 0.4) is 0 Å². The number of nitrogens with zero attached hydrogens (tertiary/aromatic N) is 4. The lowest BCUT2D eigenvalue weighted by Crippen LogP contribution is -2.46. The SMILES string of the molecule is COc1ccccc1N1CCN(Cc2ccc(C(=O)N/N=C\c3ccc(-c4ccc([N+](=O)[O-])cc4)o3)cc2)CC1. The number of non-ortho nitro benzene ring substituents is 1. The van der Waals surface area contributed by atoms with Crippen LogP contribution in [-0.2, 0) is 6.54 Å². The minimum absolute atomic E-state index is 0.0101. The zero-order chi connectivity index (χ0) is 27.9. The number of carbonyl (C=O) groups is 1. The van der Waals surface area contributed by atoms with E-state index in [4.69, 9.17) is 9.15 Å². The fourth-order valence-electron chi connectivity index (χ4n) is 4.60. The van der Waals surface area contributed by atoms with Crippen molar-refractivity contribution in [2.45, 2.75) is 6.54 Å². The van der Waals surface area contributed by atoms with Crippen LogP contribution in [0.25, 0.3) is 11.3 Å². The first-order valence-corrected chi connectivity index (χ1v) is 12.9. The van der Waals surface area contributed by atoms with Crippen LogP contribution in [0.15, 0.2) is 94.4 Å². The molecule has 3 aromatic carbocycles. The van der Waals surface area contributed by atoms with Gasteiger partial charge in [-0.25, -0.2) is 5.43 Å². The third-order valence-electron chi connectivity index (χ3n) is 6.77. The van der Waals surface area contributed by atoms with E-state index in [2.05, 4.69) is 26.4 Å². The number of nitro groups is 1. The molecule has 40 heavy (non-hydrogen) atoms. The number of para-hydroxylation sites is 2. The molecule has 10 nitrogen and oxygen atoms in total. The molecule has 0 spiro atoms. The summed E-state index contributed by atoms with van der Waals surface area (Å²) < 4.78 is 11.2. The number of methoxy groups -OCH3 is 1. The molecule has 1 aliphatic rings. The normalized spacial score (nSPS) is 13.9. The molecular formula is C30H29N5O5. The highest BCUT2D eigenvalue weighted by atomic mass is 16.6. The number of rotatable bonds is 9. The van der Waals surface area contributed by atoms with Crippen molar-refractivity contribution in [3.05, 3.63) is 112 Å². The van der Waals surface area contributed by atoms with E-state index in [1.807, 2.05) is 30.3 Å². The van der Waals surface area contributed by atoms with Crippen LogP contribution in [0, 0.1) is 10.1 Å². The Bertz CT molecular complexity index is 1490. The average Bonchev–Trinajstić information content (AvgIpc) is 3.47. The minimum atomic E-state index is -0.452. The number of ether oxygens (including phenoxy) is 1. The summed E-state index contributed by atoms with van der Waals surface area (Å²) in [4.78, 5) is 27.7. The second-order valence-electron chi connectivity index (χ2n) is 9.34. The summed E-state index contributed by atoms with van der Waals surface area (Å²) in [6.45, 7) is 4.53. The second-order valence-corrected chi connectivity index (χ2v) is 9.34. The van der Waals surface area contributed by atoms with E-state index in [9.17, 15) is 14.9 Å². The Hall–Kier alpha value is -4.96. The zero-order valence-corrected chi connectivity index (χ0v) is 22.0. The monoisotopic (exact) mass is 539 g/mol. The third kappa shape index (κ3) is 6.36. The van der Waals surface area contributed by atoms with Gasteiger partial charge in [-0.2, -0.15) is 5.10 Å². The van der Waals surface area contributed by atoms with Crippen molar-refractivity contribution in [3.8, 4) is 17.1 Å². The molecular weight excluding hydrogens is 510 g/mol. The van der Waals surface area contributed by atoms with E-state index < -0.39 is 4.92 Å². The van der Waals surface area contributed by atoms with Crippen molar-refractivity contribution in [2.75, 3.05) is 38.2 Å². The van der Waals surface area contributed by atoms with Gasteiger partial charge in [0.05, 0.1) is 23.9 Å². The number of amides is 1. The number of nitrogens with one attached hydrogen (secondary N) is 1. The van der Waals surface area contributed by atoms with Gasteiger partial charge < -0.3 is 14.1 Å². The highest BCUT2D eigenvalue weighted by Crippen LogP contribution is 2.28. The number of piperazine rings is 1. The van der Waals surface area contributed by atoms with Gasteiger partial charge in [0.25, 0.3) is 11.6 Å². The highest BCUT2D eigenvalue weighted by molar-refractivity contribution is 5.94. The average molecular weight is 540 g/mol. The van der Waals surface area contributed by atoms with E-state index >= 15 is 0 Å². The van der Waals surface area contributed by atoms with Crippen molar-refractivity contribution in [2.24, 2.45) is 5.10 Å². The lowest BCUT2D eigenvalue weighted by atomic mass is 10.1. The Balaban J connectivity index is 1.10. The number of furan rings is 1. The first kappa shape index (κ1) is 26.6. The molecule has 1 N–H and O–H groups in total. The van der Waals surface area contributed by atoms with Gasteiger partial charge in [0.1, 0.15) is 17.3 Å². The summed E-state index contributed by atoms with van der Waals surface area (Å²) in [6, 6.07) is 25.1. The van der Waals surface area contributed by atoms with Crippen molar-refractivity contribution in [1.82, 2.24) is 10.3 Å². The maximum atomic E-state index is 12.5. The van der Waals surface area contributed by atoms with E-state index in [0.29, 0.717) is 22.6 Å². The van der Waals surface area contributed by atoms with Crippen LogP contribution < -0.4 is 15.1 Å². The first-order valence-electron chi connectivity index (χ1n) is 12.9. The zero-order valence-electron chi connectivity index (χ0n) is 22.0. The molecule has 1 saturated heterocycles. The van der Waals surface area contributed by atoms with Crippen LogP contribution in [0.5, 0.6) is 5.75 Å². The molecule has 1 amide bonds. The van der Waals surface area contributed by atoms with Gasteiger partial charge in [-0.05, 0) is 54.1 Å². The fraction of sp³-hybridized carbons (Fsp3) is 0.200. The molecule has 4 aromatic rings. The number of hydrogen-bond acceptors (Lipinski definition) is 8. The molecule has 0 bridgehead atoms. The Morgan fingerprint density at radius 2 is 1.73 bits per heavy atom. The standard InChI is InChI=1S/C30H29N5O5/c1-39-29-5-3-2-4-27(29)34-18-16-33(17-19-34)21-22-6-8-24(9-7-22)30(36)32-31-20-26-14-15-28(40-26)23-10-12-25(13-11-23)35(37)38/h2-15,20H,16-19,21H2,1H3,(H,32,36)/b31-20-. The van der Waals surface area contributed by atoms with Gasteiger partial charge in [-0.1, -0.05) is 24.3 Å². The Morgan fingerprint density at radius 1 is 1.00 bits per heavy atom. The first-order chi connectivity index (χ1) is 19.5. The number of hydrogen-bond donors (Lipinski definition) is 1. The Morgan fingerprint density at radius 3 is 2.42 bits per heavy atom. The molecule has 204 valence electrons. The topological polar surface area (TPSA) is 113 Å². The maximum absolute atomic E-state index is 12.5. The van der Waals surface area contributed by atoms with E-state index in [-0.39, 0.29) is 11.6 Å². The van der Waals surface area contributed by atoms with Crippen molar-refractivity contribution >= 4 is 23.5 Å². The molecule has 1 aliphatic heterocycles. The van der Waals surface area contributed by atoms with Crippen molar-refractivity contribution in [3.63, 3.8) is 0 Å². The number of benzene rings is 3.